The van der Waals surface area contributed by atoms with E-state index < -0.39 is 0 Å². The molecule has 0 saturated heterocycles. The van der Waals surface area contributed by atoms with Crippen molar-refractivity contribution in [2.45, 2.75) is 0 Å². The average molecular weight is 240 g/mol. The Morgan fingerprint density at radius 1 is 1.62 bits per heavy atom. The molecule has 66 valence electrons. The summed E-state index contributed by atoms with van der Waals surface area (Å²) >= 11 is 3.32. The highest BCUT2D eigenvalue weighted by Gasteiger charge is 2.02. The van der Waals surface area contributed by atoms with Gasteiger partial charge in [0.05, 0.1) is 6.21 Å². The molecule has 2 rings (SSSR count). The molecule has 0 bridgehead atoms. The topological polar surface area (TPSA) is 61.3 Å². The molecule has 0 aromatic carbocycles. The van der Waals surface area contributed by atoms with E-state index in [2.05, 4.69) is 31.1 Å². The molecule has 0 fully saturated rings. The van der Waals surface area contributed by atoms with Crippen molar-refractivity contribution in [2.75, 3.05) is 0 Å². The second-order valence-electron chi connectivity index (χ2n) is 2.54. The number of aromatic nitrogens is 2. The zero-order valence-electron chi connectivity index (χ0n) is 6.53. The fraction of sp³-hybridized carbons (Fsp3) is 0. The van der Waals surface area contributed by atoms with Crippen molar-refractivity contribution in [1.82, 2.24) is 9.97 Å². The monoisotopic (exact) mass is 239 g/mol. The normalized spacial score (nSPS) is 11.5. The van der Waals surface area contributed by atoms with Gasteiger partial charge < -0.3 is 10.2 Å². The molecule has 0 aliphatic rings. The van der Waals surface area contributed by atoms with Crippen molar-refractivity contribution in [2.24, 2.45) is 5.16 Å². The number of pyridine rings is 1. The van der Waals surface area contributed by atoms with E-state index in [1.165, 1.54) is 6.21 Å². The van der Waals surface area contributed by atoms with Crippen molar-refractivity contribution in [1.29, 1.82) is 0 Å². The zero-order valence-corrected chi connectivity index (χ0v) is 8.12. The molecule has 2 aromatic rings. The van der Waals surface area contributed by atoms with Crippen LogP contribution < -0.4 is 0 Å². The Labute approximate surface area is 82.4 Å². The molecule has 4 nitrogen and oxygen atoms in total. The lowest BCUT2D eigenvalue weighted by atomic mass is 10.2. The predicted molar refractivity (Wildman–Crippen MR) is 53.2 cm³/mol. The smallest absolute Gasteiger partial charge is 0.137 e. The Balaban J connectivity index is 2.71. The summed E-state index contributed by atoms with van der Waals surface area (Å²) in [6, 6.07) is 1.91. The van der Waals surface area contributed by atoms with Crippen LogP contribution in [0.3, 0.4) is 0 Å². The van der Waals surface area contributed by atoms with E-state index in [0.29, 0.717) is 0 Å². The van der Waals surface area contributed by atoms with Gasteiger partial charge in [0.2, 0.25) is 0 Å². The van der Waals surface area contributed by atoms with E-state index in [4.69, 9.17) is 5.21 Å². The van der Waals surface area contributed by atoms with Crippen LogP contribution in [-0.2, 0) is 0 Å². The van der Waals surface area contributed by atoms with Gasteiger partial charge in [0, 0.05) is 27.8 Å². The highest BCUT2D eigenvalue weighted by Crippen LogP contribution is 2.19. The van der Waals surface area contributed by atoms with Crippen molar-refractivity contribution in [3.05, 3.63) is 28.5 Å². The lowest BCUT2D eigenvalue weighted by Crippen LogP contribution is -1.79. The summed E-state index contributed by atoms with van der Waals surface area (Å²) in [5.41, 5.74) is 1.59. The second kappa shape index (κ2) is 3.18. The van der Waals surface area contributed by atoms with Crippen LogP contribution in [0.25, 0.3) is 11.0 Å². The highest BCUT2D eigenvalue weighted by molar-refractivity contribution is 9.10. The summed E-state index contributed by atoms with van der Waals surface area (Å²) in [4.78, 5) is 7.10. The Kier molecular flexibility index (Phi) is 2.02. The SMILES string of the molecule is ON=Cc1c[nH]c2ncc(Br)cc12. The molecular formula is C8H6BrN3O. The Morgan fingerprint density at radius 3 is 3.23 bits per heavy atom. The summed E-state index contributed by atoms with van der Waals surface area (Å²) in [6.07, 6.45) is 4.81. The summed E-state index contributed by atoms with van der Waals surface area (Å²) in [5.74, 6) is 0. The number of nitrogens with zero attached hydrogens (tertiary/aromatic N) is 2. The molecule has 0 aliphatic heterocycles. The van der Waals surface area contributed by atoms with Gasteiger partial charge in [0.1, 0.15) is 5.65 Å². The minimum atomic E-state index is 0.776. The highest BCUT2D eigenvalue weighted by atomic mass is 79.9. The molecule has 0 radical (unpaired) electrons. The van der Waals surface area contributed by atoms with Crippen LogP contribution in [0, 0.1) is 0 Å². The molecule has 2 N–H and O–H groups in total. The number of hydrogen-bond donors (Lipinski definition) is 2. The van der Waals surface area contributed by atoms with Gasteiger partial charge in [-0.2, -0.15) is 0 Å². The quantitative estimate of drug-likeness (QED) is 0.455. The number of fused-ring (bicyclic) bond motifs is 1. The van der Waals surface area contributed by atoms with E-state index in [0.717, 1.165) is 21.1 Å². The maximum absolute atomic E-state index is 8.39. The largest absolute Gasteiger partial charge is 0.411 e. The molecule has 5 heteroatoms. The van der Waals surface area contributed by atoms with E-state index >= 15 is 0 Å². The number of hydrogen-bond acceptors (Lipinski definition) is 3. The standard InChI is InChI=1S/C8H6BrN3O/c9-6-1-7-5(3-12-13)2-10-8(7)11-4-6/h1-4,13H,(H,10,11). The average Bonchev–Trinajstić information content (AvgIpc) is 2.49. The van der Waals surface area contributed by atoms with E-state index in [-0.39, 0.29) is 0 Å². The fourth-order valence-corrected chi connectivity index (χ4v) is 1.50. The fourth-order valence-electron chi connectivity index (χ4n) is 1.17. The van der Waals surface area contributed by atoms with Crippen LogP contribution in [0.5, 0.6) is 0 Å². The lowest BCUT2D eigenvalue weighted by Gasteiger charge is -1.91. The zero-order chi connectivity index (χ0) is 9.26. The summed E-state index contributed by atoms with van der Waals surface area (Å²) < 4.78 is 0.896. The van der Waals surface area contributed by atoms with Crippen LogP contribution in [0.4, 0.5) is 0 Å². The Hall–Kier alpha value is -1.36. The first kappa shape index (κ1) is 8.25. The summed E-state index contributed by atoms with van der Waals surface area (Å²) in [6.45, 7) is 0. The van der Waals surface area contributed by atoms with Crippen LogP contribution in [0.15, 0.2) is 28.1 Å². The van der Waals surface area contributed by atoms with E-state index in [9.17, 15) is 0 Å². The molecule has 13 heavy (non-hydrogen) atoms. The first-order valence-electron chi connectivity index (χ1n) is 3.61. The first-order chi connectivity index (χ1) is 6.31. The molecule has 0 atom stereocenters. The predicted octanol–water partition coefficient (Wildman–Crippen LogP) is 2.13. The molecule has 2 aromatic heterocycles. The van der Waals surface area contributed by atoms with Crippen molar-refractivity contribution < 1.29 is 5.21 Å². The minimum Gasteiger partial charge on any atom is -0.411 e. The number of nitrogens with one attached hydrogen (secondary N) is 1. The number of oxime groups is 1. The molecule has 0 aliphatic carbocycles. The van der Waals surface area contributed by atoms with Crippen LogP contribution in [0.2, 0.25) is 0 Å². The van der Waals surface area contributed by atoms with Gasteiger partial charge in [0.25, 0.3) is 0 Å². The van der Waals surface area contributed by atoms with Gasteiger partial charge in [-0.05, 0) is 22.0 Å². The van der Waals surface area contributed by atoms with E-state index in [1.54, 1.807) is 12.4 Å². The van der Waals surface area contributed by atoms with Crippen LogP contribution in [0.1, 0.15) is 5.56 Å². The number of H-pyrrole nitrogens is 1. The van der Waals surface area contributed by atoms with Gasteiger partial charge >= 0.3 is 0 Å². The molecule has 2 heterocycles. The van der Waals surface area contributed by atoms with Gasteiger partial charge in [-0.1, -0.05) is 5.16 Å². The third kappa shape index (κ3) is 1.42. The third-order valence-electron chi connectivity index (χ3n) is 1.73. The molecular weight excluding hydrogens is 234 g/mol. The minimum absolute atomic E-state index is 0.776. The second-order valence-corrected chi connectivity index (χ2v) is 3.45. The molecule has 0 saturated carbocycles. The van der Waals surface area contributed by atoms with Gasteiger partial charge in [-0.3, -0.25) is 0 Å². The van der Waals surface area contributed by atoms with Crippen molar-refractivity contribution in [3.63, 3.8) is 0 Å². The maximum atomic E-state index is 8.39. The summed E-state index contributed by atoms with van der Waals surface area (Å²) in [7, 11) is 0. The van der Waals surface area contributed by atoms with Crippen LogP contribution >= 0.6 is 15.9 Å². The Morgan fingerprint density at radius 2 is 2.46 bits per heavy atom. The molecule has 0 unspecified atom stereocenters. The van der Waals surface area contributed by atoms with Gasteiger partial charge in [-0.25, -0.2) is 4.98 Å². The first-order valence-corrected chi connectivity index (χ1v) is 4.40. The van der Waals surface area contributed by atoms with Crippen molar-refractivity contribution >= 4 is 33.2 Å². The molecule has 0 amide bonds. The van der Waals surface area contributed by atoms with E-state index in [1.807, 2.05) is 6.07 Å². The lowest BCUT2D eigenvalue weighted by molar-refractivity contribution is 0.322. The number of aromatic amines is 1. The summed E-state index contributed by atoms with van der Waals surface area (Å²) in [5, 5.41) is 12.3. The number of halogens is 1. The maximum Gasteiger partial charge on any atom is 0.137 e. The van der Waals surface area contributed by atoms with Gasteiger partial charge in [0.15, 0.2) is 0 Å². The third-order valence-corrected chi connectivity index (χ3v) is 2.16. The Bertz CT molecular complexity index is 463. The van der Waals surface area contributed by atoms with Crippen molar-refractivity contribution in [3.8, 4) is 0 Å². The van der Waals surface area contributed by atoms with Gasteiger partial charge in [-0.15, -0.1) is 0 Å². The number of rotatable bonds is 1. The molecule has 0 spiro atoms. The van der Waals surface area contributed by atoms with Crippen LogP contribution in [-0.4, -0.2) is 21.4 Å².